The van der Waals surface area contributed by atoms with Gasteiger partial charge in [0.15, 0.2) is 0 Å². The van der Waals surface area contributed by atoms with Gasteiger partial charge >= 0.3 is 0 Å². The topological polar surface area (TPSA) is 34.1 Å². The third kappa shape index (κ3) is 1.12. The van der Waals surface area contributed by atoms with Gasteiger partial charge in [0.1, 0.15) is 12.6 Å². The molecular formula is C17H22O2. The first-order valence-electron chi connectivity index (χ1n) is 8.24. The average Bonchev–Trinajstić information content (AvgIpc) is 3.18. The Labute approximate surface area is 114 Å². The maximum Gasteiger partial charge on any atom is 0.123 e. The molecule has 102 valence electrons. The molecule has 4 bridgehead atoms. The van der Waals surface area contributed by atoms with Crippen molar-refractivity contribution in [3.05, 3.63) is 0 Å². The Morgan fingerprint density at radius 2 is 1.47 bits per heavy atom. The standard InChI is InChI=1S/C17H22O2/c18-6-8-1-2-11-13-5-14(15(8)11)16-9-3-10(7-19)12(4-9)17(13)16/h6-17H,1-5H2. The van der Waals surface area contributed by atoms with Gasteiger partial charge in [0.25, 0.3) is 0 Å². The van der Waals surface area contributed by atoms with E-state index >= 15 is 0 Å². The summed E-state index contributed by atoms with van der Waals surface area (Å²) in [6.07, 6.45) is 8.86. The minimum Gasteiger partial charge on any atom is -0.303 e. The lowest BCUT2D eigenvalue weighted by atomic mass is 9.61. The Bertz CT molecular complexity index is 445. The lowest BCUT2D eigenvalue weighted by molar-refractivity contribution is -0.114. The molecular weight excluding hydrogens is 236 g/mol. The van der Waals surface area contributed by atoms with Crippen LogP contribution in [0.2, 0.25) is 0 Å². The SMILES string of the molecule is O=CC1CC2CC1C1C3CC(C4C(C=O)CCC34)C21. The summed E-state index contributed by atoms with van der Waals surface area (Å²) >= 11 is 0. The number of hydrogen-bond donors (Lipinski definition) is 0. The van der Waals surface area contributed by atoms with Crippen molar-refractivity contribution in [3.8, 4) is 0 Å². The molecule has 0 amide bonds. The van der Waals surface area contributed by atoms with Crippen LogP contribution in [0.4, 0.5) is 0 Å². The molecule has 2 nitrogen and oxygen atoms in total. The molecule has 5 aliphatic carbocycles. The molecule has 0 saturated heterocycles. The Morgan fingerprint density at radius 3 is 2.26 bits per heavy atom. The van der Waals surface area contributed by atoms with E-state index in [1.807, 2.05) is 0 Å². The van der Waals surface area contributed by atoms with Gasteiger partial charge in [-0.2, -0.15) is 0 Å². The van der Waals surface area contributed by atoms with Gasteiger partial charge in [-0.15, -0.1) is 0 Å². The molecule has 0 aromatic heterocycles. The fraction of sp³-hybridized carbons (Fsp3) is 0.882. The average molecular weight is 258 g/mol. The molecule has 2 heteroatoms. The van der Waals surface area contributed by atoms with Crippen LogP contribution in [0.3, 0.4) is 0 Å². The Hall–Kier alpha value is -0.660. The molecule has 10 unspecified atom stereocenters. The van der Waals surface area contributed by atoms with Crippen molar-refractivity contribution in [1.29, 1.82) is 0 Å². The lowest BCUT2D eigenvalue weighted by Gasteiger charge is -2.43. The fourth-order valence-corrected chi connectivity index (χ4v) is 7.78. The number of carbonyl (C=O) groups is 2. The second-order valence-electron chi connectivity index (χ2n) is 8.03. The van der Waals surface area contributed by atoms with Crippen molar-refractivity contribution in [1.82, 2.24) is 0 Å². The zero-order chi connectivity index (χ0) is 12.7. The molecule has 19 heavy (non-hydrogen) atoms. The van der Waals surface area contributed by atoms with Crippen LogP contribution in [0.25, 0.3) is 0 Å². The van der Waals surface area contributed by atoms with Gasteiger partial charge in [0.05, 0.1) is 0 Å². The molecule has 0 radical (unpaired) electrons. The molecule has 0 aromatic carbocycles. The molecule has 10 atom stereocenters. The Balaban J connectivity index is 1.51. The van der Waals surface area contributed by atoms with E-state index in [9.17, 15) is 9.59 Å². The second-order valence-corrected chi connectivity index (χ2v) is 8.03. The fourth-order valence-electron chi connectivity index (χ4n) is 7.78. The van der Waals surface area contributed by atoms with Crippen molar-refractivity contribution < 1.29 is 9.59 Å². The minimum absolute atomic E-state index is 0.377. The molecule has 5 saturated carbocycles. The van der Waals surface area contributed by atoms with Crippen LogP contribution in [0.15, 0.2) is 0 Å². The summed E-state index contributed by atoms with van der Waals surface area (Å²) in [5, 5.41) is 0. The van der Waals surface area contributed by atoms with E-state index in [1.54, 1.807) is 0 Å². The highest BCUT2D eigenvalue weighted by Crippen LogP contribution is 2.74. The van der Waals surface area contributed by atoms with E-state index in [1.165, 1.54) is 38.3 Å². The predicted octanol–water partition coefficient (Wildman–Crippen LogP) is 2.56. The lowest BCUT2D eigenvalue weighted by Crippen LogP contribution is -2.40. The van der Waals surface area contributed by atoms with Gasteiger partial charge < -0.3 is 9.59 Å². The number of hydrogen-bond acceptors (Lipinski definition) is 2. The molecule has 0 heterocycles. The summed E-state index contributed by atoms with van der Waals surface area (Å²) in [5.41, 5.74) is 0. The maximum absolute atomic E-state index is 11.3. The first-order chi connectivity index (χ1) is 9.33. The summed E-state index contributed by atoms with van der Waals surface area (Å²) in [4.78, 5) is 22.6. The quantitative estimate of drug-likeness (QED) is 0.563. The molecule has 0 spiro atoms. The molecule has 0 N–H and O–H groups in total. The Morgan fingerprint density at radius 1 is 0.632 bits per heavy atom. The first-order valence-corrected chi connectivity index (χ1v) is 8.24. The van der Waals surface area contributed by atoms with Crippen LogP contribution in [-0.2, 0) is 9.59 Å². The molecule has 5 rings (SSSR count). The minimum atomic E-state index is 0.377. The molecule has 5 aliphatic rings. The Kier molecular flexibility index (Phi) is 2.04. The summed E-state index contributed by atoms with van der Waals surface area (Å²) in [6, 6.07) is 0. The largest absolute Gasteiger partial charge is 0.303 e. The first kappa shape index (κ1) is 11.0. The van der Waals surface area contributed by atoms with Crippen LogP contribution in [0.1, 0.15) is 32.1 Å². The van der Waals surface area contributed by atoms with Gasteiger partial charge in [0.2, 0.25) is 0 Å². The van der Waals surface area contributed by atoms with Crippen LogP contribution >= 0.6 is 0 Å². The van der Waals surface area contributed by atoms with Crippen molar-refractivity contribution in [2.45, 2.75) is 32.1 Å². The zero-order valence-corrected chi connectivity index (χ0v) is 11.3. The third-order valence-corrected chi connectivity index (χ3v) is 7.93. The highest BCUT2D eigenvalue weighted by atomic mass is 16.1. The van der Waals surface area contributed by atoms with E-state index in [0.29, 0.717) is 11.8 Å². The summed E-state index contributed by atoms with van der Waals surface area (Å²) in [5.74, 6) is 7.37. The highest BCUT2D eigenvalue weighted by molar-refractivity contribution is 5.57. The number of fused-ring (bicyclic) bond motifs is 12. The number of rotatable bonds is 2. The number of aldehydes is 2. The monoisotopic (exact) mass is 258 g/mol. The second kappa shape index (κ2) is 3.51. The van der Waals surface area contributed by atoms with Crippen LogP contribution in [0.5, 0.6) is 0 Å². The van der Waals surface area contributed by atoms with E-state index in [2.05, 4.69) is 0 Å². The van der Waals surface area contributed by atoms with Crippen LogP contribution in [-0.4, -0.2) is 12.6 Å². The normalized spacial score (nSPS) is 64.2. The van der Waals surface area contributed by atoms with Crippen LogP contribution in [0, 0.1) is 59.2 Å². The van der Waals surface area contributed by atoms with Crippen molar-refractivity contribution in [3.63, 3.8) is 0 Å². The van der Waals surface area contributed by atoms with E-state index in [-0.39, 0.29) is 0 Å². The van der Waals surface area contributed by atoms with Gasteiger partial charge in [-0.05, 0) is 79.4 Å². The van der Waals surface area contributed by atoms with E-state index < -0.39 is 0 Å². The zero-order valence-electron chi connectivity index (χ0n) is 11.3. The molecule has 0 aromatic rings. The van der Waals surface area contributed by atoms with Crippen LogP contribution < -0.4 is 0 Å². The van der Waals surface area contributed by atoms with Gasteiger partial charge in [-0.3, -0.25) is 0 Å². The summed E-state index contributed by atoms with van der Waals surface area (Å²) < 4.78 is 0. The van der Waals surface area contributed by atoms with Crippen molar-refractivity contribution in [2.75, 3.05) is 0 Å². The van der Waals surface area contributed by atoms with E-state index in [4.69, 9.17) is 0 Å². The number of carbonyl (C=O) groups excluding carboxylic acids is 2. The highest BCUT2D eigenvalue weighted by Gasteiger charge is 2.68. The molecule has 0 aliphatic heterocycles. The smallest absolute Gasteiger partial charge is 0.123 e. The van der Waals surface area contributed by atoms with Gasteiger partial charge in [0, 0.05) is 11.8 Å². The third-order valence-electron chi connectivity index (χ3n) is 7.93. The molecule has 5 fully saturated rings. The van der Waals surface area contributed by atoms with E-state index in [0.717, 1.165) is 53.8 Å². The maximum atomic E-state index is 11.3. The predicted molar refractivity (Wildman–Crippen MR) is 70.1 cm³/mol. The van der Waals surface area contributed by atoms with Gasteiger partial charge in [-0.25, -0.2) is 0 Å². The van der Waals surface area contributed by atoms with Gasteiger partial charge in [-0.1, -0.05) is 0 Å². The van der Waals surface area contributed by atoms with Crippen molar-refractivity contribution >= 4 is 12.6 Å². The summed E-state index contributed by atoms with van der Waals surface area (Å²) in [6.45, 7) is 0. The van der Waals surface area contributed by atoms with Crippen molar-refractivity contribution in [2.24, 2.45) is 59.2 Å². The summed E-state index contributed by atoms with van der Waals surface area (Å²) in [7, 11) is 0.